The number of nitrogens with zero attached hydrogens (tertiary/aromatic N) is 1. The summed E-state index contributed by atoms with van der Waals surface area (Å²) in [5.41, 5.74) is -0.111. The Morgan fingerprint density at radius 3 is 2.30 bits per heavy atom. The minimum absolute atomic E-state index is 0.111. The maximum Gasteiger partial charge on any atom is 0.358 e. The van der Waals surface area contributed by atoms with Crippen LogP contribution in [-0.2, 0) is 9.47 Å². The predicted molar refractivity (Wildman–Crippen MR) is 110 cm³/mol. The van der Waals surface area contributed by atoms with Crippen LogP contribution >= 0.6 is 23.8 Å². The highest BCUT2D eigenvalue weighted by molar-refractivity contribution is 7.79. The van der Waals surface area contributed by atoms with E-state index in [-0.39, 0.29) is 16.7 Å². The summed E-state index contributed by atoms with van der Waals surface area (Å²) in [5.74, 6) is 0.596. The Morgan fingerprint density at radius 2 is 1.70 bits per heavy atom. The van der Waals surface area contributed by atoms with Crippen LogP contribution in [0.15, 0.2) is 48.5 Å². The Morgan fingerprint density at radius 1 is 1.10 bits per heavy atom. The summed E-state index contributed by atoms with van der Waals surface area (Å²) in [6.07, 6.45) is -5.69. The zero-order chi connectivity index (χ0) is 21.8. The first-order chi connectivity index (χ1) is 14.2. The number of hydrogen-bond donors (Lipinski definition) is 2. The molecule has 0 aromatic heterocycles. The van der Waals surface area contributed by atoms with Gasteiger partial charge in [0.1, 0.15) is 17.6 Å². The minimum atomic E-state index is -1.40. The quantitative estimate of drug-likeness (QED) is 0.398. The van der Waals surface area contributed by atoms with Crippen molar-refractivity contribution in [1.82, 2.24) is 0 Å². The molecule has 1 aliphatic rings. The van der Waals surface area contributed by atoms with E-state index in [2.05, 4.69) is 0 Å². The number of nitro groups is 1. The topological polar surface area (TPSA) is 121 Å². The molecule has 2 aromatic carbocycles. The van der Waals surface area contributed by atoms with Crippen LogP contribution in [0.5, 0.6) is 11.5 Å². The molecule has 0 aliphatic carbocycles. The maximum absolute atomic E-state index is 10.7. The normalized spacial score (nSPS) is 25.9. The molecule has 2 aromatic rings. The zero-order valence-electron chi connectivity index (χ0n) is 15.6. The van der Waals surface area contributed by atoms with Crippen molar-refractivity contribution in [1.29, 1.82) is 0 Å². The fourth-order valence-corrected chi connectivity index (χ4v) is 3.08. The highest BCUT2D eigenvalue weighted by Crippen LogP contribution is 2.27. The molecular formula is C19H18ClNO8S. The van der Waals surface area contributed by atoms with Crippen molar-refractivity contribution in [2.45, 2.75) is 37.6 Å². The highest BCUT2D eigenvalue weighted by atomic mass is 35.5. The van der Waals surface area contributed by atoms with Crippen LogP contribution in [0.2, 0.25) is 5.02 Å². The van der Waals surface area contributed by atoms with Gasteiger partial charge in [-0.25, -0.2) is 0 Å². The van der Waals surface area contributed by atoms with E-state index in [9.17, 15) is 20.3 Å². The van der Waals surface area contributed by atoms with E-state index in [1.165, 1.54) is 24.3 Å². The van der Waals surface area contributed by atoms with E-state index in [0.717, 1.165) is 0 Å². The number of nitro benzene ring substituents is 1. The summed E-state index contributed by atoms with van der Waals surface area (Å²) in [4.78, 5) is 10.2. The molecule has 2 N–H and O–H groups in total. The van der Waals surface area contributed by atoms with Gasteiger partial charge in [-0.15, -0.1) is 0 Å². The van der Waals surface area contributed by atoms with Gasteiger partial charge in [-0.3, -0.25) is 10.1 Å². The number of rotatable bonds is 5. The number of aliphatic hydroxyl groups is 2. The summed E-state index contributed by atoms with van der Waals surface area (Å²) in [6, 6.07) is 11.6. The van der Waals surface area contributed by atoms with Gasteiger partial charge in [-0.05, 0) is 43.3 Å². The van der Waals surface area contributed by atoms with Crippen LogP contribution < -0.4 is 9.47 Å². The lowest BCUT2D eigenvalue weighted by atomic mass is 10.00. The average molecular weight is 456 g/mol. The van der Waals surface area contributed by atoms with Gasteiger partial charge in [0.15, 0.2) is 12.2 Å². The van der Waals surface area contributed by atoms with Gasteiger partial charge in [-0.1, -0.05) is 11.6 Å². The fourth-order valence-electron chi connectivity index (χ4n) is 2.75. The van der Waals surface area contributed by atoms with Gasteiger partial charge in [0.25, 0.3) is 5.69 Å². The molecule has 0 spiro atoms. The van der Waals surface area contributed by atoms with Crippen molar-refractivity contribution >= 4 is 34.7 Å². The lowest BCUT2D eigenvalue weighted by Gasteiger charge is -2.40. The van der Waals surface area contributed by atoms with Crippen molar-refractivity contribution in [3.63, 3.8) is 0 Å². The lowest BCUT2D eigenvalue weighted by molar-refractivity contribution is -0.384. The Hall–Kier alpha value is -2.50. The first kappa shape index (κ1) is 22.2. The van der Waals surface area contributed by atoms with E-state index in [1.54, 1.807) is 31.2 Å². The molecule has 0 saturated carbocycles. The molecule has 1 saturated heterocycles. The lowest BCUT2D eigenvalue weighted by Crippen LogP contribution is -2.59. The van der Waals surface area contributed by atoms with Crippen LogP contribution in [0.3, 0.4) is 0 Å². The molecule has 1 fully saturated rings. The van der Waals surface area contributed by atoms with Crippen molar-refractivity contribution in [3.05, 3.63) is 63.7 Å². The summed E-state index contributed by atoms with van der Waals surface area (Å²) >= 11 is 10.9. The number of hydrogen-bond acceptors (Lipinski definition) is 9. The molecule has 0 unspecified atom stereocenters. The molecule has 1 aliphatic heterocycles. The van der Waals surface area contributed by atoms with Gasteiger partial charge in [0.05, 0.1) is 11.0 Å². The van der Waals surface area contributed by atoms with E-state index in [0.29, 0.717) is 10.8 Å². The van der Waals surface area contributed by atoms with E-state index >= 15 is 0 Å². The van der Waals surface area contributed by atoms with Crippen molar-refractivity contribution in [2.75, 3.05) is 0 Å². The van der Waals surface area contributed by atoms with Crippen molar-refractivity contribution < 1.29 is 34.1 Å². The standard InChI is InChI=1S/C19H18ClNO8S/c1-10-15(22)17(16(23)18(26-10)27-13-6-2-11(20)3-7-13)29-19(30)28-14-8-4-12(5-9-14)21(24)25/h2-10,15-18,22-23H,1H3/t10-,15+,16-,17+,18-/m0/s1. The number of ether oxygens (including phenoxy) is 4. The van der Waals surface area contributed by atoms with Gasteiger partial charge in [0, 0.05) is 29.4 Å². The van der Waals surface area contributed by atoms with Crippen LogP contribution in [0.1, 0.15) is 6.92 Å². The molecule has 0 amide bonds. The molecule has 9 nitrogen and oxygen atoms in total. The summed E-state index contributed by atoms with van der Waals surface area (Å²) < 4.78 is 21.9. The highest BCUT2D eigenvalue weighted by Gasteiger charge is 2.46. The van der Waals surface area contributed by atoms with Crippen molar-refractivity contribution in [3.8, 4) is 11.5 Å². The van der Waals surface area contributed by atoms with Crippen LogP contribution in [-0.4, -0.2) is 51.1 Å². The average Bonchev–Trinajstić information content (AvgIpc) is 2.71. The summed E-state index contributed by atoms with van der Waals surface area (Å²) in [7, 11) is 0. The number of benzene rings is 2. The van der Waals surface area contributed by atoms with Crippen LogP contribution in [0.25, 0.3) is 0 Å². The van der Waals surface area contributed by atoms with Crippen LogP contribution in [0.4, 0.5) is 5.69 Å². The number of non-ortho nitro benzene ring substituents is 1. The first-order valence-electron chi connectivity index (χ1n) is 8.81. The molecule has 5 atom stereocenters. The van der Waals surface area contributed by atoms with Gasteiger partial charge < -0.3 is 29.2 Å². The number of thiocarbonyl (C=S) groups is 1. The van der Waals surface area contributed by atoms with Crippen LogP contribution in [0, 0.1) is 10.1 Å². The van der Waals surface area contributed by atoms with Crippen molar-refractivity contribution in [2.24, 2.45) is 0 Å². The third kappa shape index (κ3) is 5.35. The molecule has 160 valence electrons. The van der Waals surface area contributed by atoms with E-state index in [1.807, 2.05) is 0 Å². The number of aliphatic hydroxyl groups excluding tert-OH is 2. The molecule has 0 radical (unpaired) electrons. The Bertz CT molecular complexity index is 894. The molecule has 30 heavy (non-hydrogen) atoms. The summed E-state index contributed by atoms with van der Waals surface area (Å²) in [6.45, 7) is 1.59. The van der Waals surface area contributed by atoms with Gasteiger partial charge >= 0.3 is 5.24 Å². The van der Waals surface area contributed by atoms with Gasteiger partial charge in [-0.2, -0.15) is 0 Å². The van der Waals surface area contributed by atoms with E-state index in [4.69, 9.17) is 42.8 Å². The predicted octanol–water partition coefficient (Wildman–Crippen LogP) is 2.84. The van der Waals surface area contributed by atoms with E-state index < -0.39 is 35.6 Å². The molecule has 3 rings (SSSR count). The fraction of sp³-hybridized carbons (Fsp3) is 0.316. The second-order valence-corrected chi connectivity index (χ2v) is 7.22. The molecule has 11 heteroatoms. The second-order valence-electron chi connectivity index (χ2n) is 6.45. The van der Waals surface area contributed by atoms with Gasteiger partial charge in [0.2, 0.25) is 6.29 Å². The zero-order valence-corrected chi connectivity index (χ0v) is 17.2. The second kappa shape index (κ2) is 9.54. The largest absolute Gasteiger partial charge is 0.462 e. The molecule has 1 heterocycles. The maximum atomic E-state index is 10.7. The Kier molecular flexibility index (Phi) is 7.06. The molecular weight excluding hydrogens is 438 g/mol. The summed E-state index contributed by atoms with van der Waals surface area (Å²) in [5, 5.41) is 31.8. The number of halogens is 1. The Labute approximate surface area is 181 Å². The smallest absolute Gasteiger partial charge is 0.358 e. The first-order valence-corrected chi connectivity index (χ1v) is 9.60. The monoisotopic (exact) mass is 455 g/mol. The molecule has 0 bridgehead atoms. The third-order valence-corrected chi connectivity index (χ3v) is 4.76. The SMILES string of the molecule is C[C@@H]1O[C@@H](Oc2ccc(Cl)cc2)[C@@H](O)[C@H](OC(=S)Oc2ccc([N+](=O)[O-])cc2)[C@@H]1O. The third-order valence-electron chi connectivity index (χ3n) is 4.33. The Balaban J connectivity index is 1.65. The minimum Gasteiger partial charge on any atom is -0.462 e.